The molecule has 4 aromatic carbocycles. The number of likely N-dealkylation sites (tertiary alicyclic amines) is 2. The third-order valence-corrected chi connectivity index (χ3v) is 9.05. The number of hydrogen-bond acceptors (Lipinski definition) is 9. The van der Waals surface area contributed by atoms with Crippen molar-refractivity contribution in [3.63, 3.8) is 0 Å². The van der Waals surface area contributed by atoms with Crippen molar-refractivity contribution in [1.82, 2.24) is 9.80 Å². The molecule has 2 aliphatic rings. The molecule has 2 atom stereocenters. The second-order valence-electron chi connectivity index (χ2n) is 13.9. The lowest BCUT2D eigenvalue weighted by molar-refractivity contribution is 0.0317. The van der Waals surface area contributed by atoms with Crippen LogP contribution < -0.4 is 32.7 Å². The Morgan fingerprint density at radius 1 is 0.755 bits per heavy atom. The quantitative estimate of drug-likeness (QED) is 0.109. The number of amides is 2. The molecule has 2 aliphatic heterocycles. The van der Waals surface area contributed by atoms with E-state index in [2.05, 4.69) is 38.1 Å². The first-order valence-corrected chi connectivity index (χ1v) is 16.7. The van der Waals surface area contributed by atoms with E-state index in [-0.39, 0.29) is 23.9 Å². The van der Waals surface area contributed by atoms with Gasteiger partial charge in [-0.2, -0.15) is 0 Å². The molecule has 2 amide bonds. The number of β-amino-alcohol motifs (C(OH)–C–C–N with tert-alkyl or cyclic N) is 1. The molecule has 2 heterocycles. The van der Waals surface area contributed by atoms with Crippen LogP contribution in [0.25, 0.3) is 0 Å². The largest absolute Gasteiger partial charge is 0.397 e. The minimum atomic E-state index is -0.930. The molecule has 0 bridgehead atoms. The highest BCUT2D eigenvalue weighted by Gasteiger charge is 2.37. The first-order valence-electron chi connectivity index (χ1n) is 16.7. The highest BCUT2D eigenvalue weighted by Crippen LogP contribution is 2.39. The Hall–Kier alpha value is -5.10. The van der Waals surface area contributed by atoms with Crippen molar-refractivity contribution in [2.45, 2.75) is 44.0 Å². The summed E-state index contributed by atoms with van der Waals surface area (Å²) in [6.07, 6.45) is 0.721. The molecule has 9 N–H and O–H groups in total. The van der Waals surface area contributed by atoms with Crippen LogP contribution in [-0.4, -0.2) is 77.6 Å². The Morgan fingerprint density at radius 2 is 1.31 bits per heavy atom. The summed E-state index contributed by atoms with van der Waals surface area (Å²) >= 11 is 0. The van der Waals surface area contributed by atoms with E-state index in [9.17, 15) is 14.7 Å². The molecule has 11 heteroatoms. The number of anilines is 6. The van der Waals surface area contributed by atoms with Gasteiger partial charge in [0.05, 0.1) is 34.4 Å². The zero-order valence-corrected chi connectivity index (χ0v) is 28.2. The average molecular weight is 663 g/mol. The first-order chi connectivity index (χ1) is 23.4. The fourth-order valence-corrected chi connectivity index (χ4v) is 6.68. The highest BCUT2D eigenvalue weighted by atomic mass is 16.3. The summed E-state index contributed by atoms with van der Waals surface area (Å²) in [7, 11) is 2.09. The van der Waals surface area contributed by atoms with Gasteiger partial charge in [-0.1, -0.05) is 24.3 Å². The van der Waals surface area contributed by atoms with Crippen LogP contribution in [0.2, 0.25) is 0 Å². The molecule has 49 heavy (non-hydrogen) atoms. The zero-order chi connectivity index (χ0) is 34.7. The van der Waals surface area contributed by atoms with Crippen LogP contribution in [0.5, 0.6) is 0 Å². The molecule has 0 spiro atoms. The highest BCUT2D eigenvalue weighted by molar-refractivity contribution is 6.06. The summed E-state index contributed by atoms with van der Waals surface area (Å²) < 4.78 is 0. The van der Waals surface area contributed by atoms with Gasteiger partial charge >= 0.3 is 0 Å². The lowest BCUT2D eigenvalue weighted by Gasteiger charge is -2.37. The third kappa shape index (κ3) is 8.32. The molecular weight excluding hydrogens is 616 g/mol. The second-order valence-corrected chi connectivity index (χ2v) is 13.9. The molecular formula is C38H46N8O3. The molecule has 2 fully saturated rings. The molecule has 11 nitrogen and oxygen atoms in total. The number of hydrogen-bond donors (Lipinski definition) is 7. The zero-order valence-electron chi connectivity index (χ0n) is 28.2. The number of nitrogens with one attached hydrogen (secondary N) is 4. The molecule has 0 radical (unpaired) electrons. The Labute approximate surface area is 287 Å². The van der Waals surface area contributed by atoms with Crippen molar-refractivity contribution >= 4 is 45.9 Å². The van der Waals surface area contributed by atoms with Crippen LogP contribution in [0.4, 0.5) is 34.1 Å². The fraction of sp³-hybridized carbons (Fsp3) is 0.316. The fourth-order valence-electron chi connectivity index (χ4n) is 6.68. The summed E-state index contributed by atoms with van der Waals surface area (Å²) in [5.74, 6) is -0.474. The third-order valence-electron chi connectivity index (χ3n) is 9.05. The molecule has 4 aromatic rings. The summed E-state index contributed by atoms with van der Waals surface area (Å²) in [5.41, 5.74) is 17.7. The van der Waals surface area contributed by atoms with Crippen LogP contribution in [0, 0.1) is 0 Å². The van der Waals surface area contributed by atoms with Crippen molar-refractivity contribution in [3.05, 3.63) is 108 Å². The molecule has 6 rings (SSSR count). The number of benzene rings is 4. The summed E-state index contributed by atoms with van der Waals surface area (Å²) in [4.78, 5) is 30.5. The normalized spacial score (nSPS) is 18.4. The smallest absolute Gasteiger partial charge is 0.255 e. The molecule has 0 aromatic heterocycles. The van der Waals surface area contributed by atoms with Crippen molar-refractivity contribution in [2.24, 2.45) is 0 Å². The number of nitrogens with two attached hydrogens (primary N) is 2. The van der Waals surface area contributed by atoms with E-state index in [0.29, 0.717) is 53.0 Å². The summed E-state index contributed by atoms with van der Waals surface area (Å²) in [6.45, 7) is 6.69. The van der Waals surface area contributed by atoms with Crippen molar-refractivity contribution in [1.29, 1.82) is 0 Å². The van der Waals surface area contributed by atoms with Gasteiger partial charge in [0.25, 0.3) is 11.8 Å². The van der Waals surface area contributed by atoms with Gasteiger partial charge in [-0.05, 0) is 99.6 Å². The lowest BCUT2D eigenvalue weighted by Crippen LogP contribution is -2.52. The van der Waals surface area contributed by atoms with E-state index in [1.807, 2.05) is 66.7 Å². The summed E-state index contributed by atoms with van der Waals surface area (Å²) in [5, 5.41) is 23.7. The minimum absolute atomic E-state index is 0.0428. The van der Waals surface area contributed by atoms with Gasteiger partial charge in [0.15, 0.2) is 0 Å². The number of nitrogen functional groups attached to an aromatic ring is 2. The van der Waals surface area contributed by atoms with E-state index in [4.69, 9.17) is 11.5 Å². The van der Waals surface area contributed by atoms with Crippen LogP contribution >= 0.6 is 0 Å². The number of aliphatic hydroxyl groups is 1. The maximum absolute atomic E-state index is 13.2. The number of para-hydroxylation sites is 3. The van der Waals surface area contributed by atoms with Crippen molar-refractivity contribution in [2.75, 3.05) is 66.0 Å². The molecule has 0 aliphatic carbocycles. The van der Waals surface area contributed by atoms with E-state index < -0.39 is 5.60 Å². The number of rotatable bonds is 11. The van der Waals surface area contributed by atoms with Crippen LogP contribution in [0.15, 0.2) is 91.0 Å². The monoisotopic (exact) mass is 662 g/mol. The number of nitrogens with zero attached hydrogens (tertiary/aromatic N) is 2. The van der Waals surface area contributed by atoms with E-state index in [1.54, 1.807) is 38.1 Å². The lowest BCUT2D eigenvalue weighted by atomic mass is 9.99. The van der Waals surface area contributed by atoms with Gasteiger partial charge in [0, 0.05) is 60.8 Å². The number of likely N-dealkylation sites (N-methyl/N-ethyl adjacent to an activating group) is 1. The first kappa shape index (κ1) is 33.8. The maximum atomic E-state index is 13.2. The molecule has 0 saturated carbocycles. The van der Waals surface area contributed by atoms with Crippen LogP contribution in [0.3, 0.4) is 0 Å². The van der Waals surface area contributed by atoms with Crippen molar-refractivity contribution in [3.8, 4) is 0 Å². The van der Waals surface area contributed by atoms with E-state index >= 15 is 0 Å². The summed E-state index contributed by atoms with van der Waals surface area (Å²) in [6, 6.07) is 28.0. The molecule has 256 valence electrons. The van der Waals surface area contributed by atoms with Crippen molar-refractivity contribution < 1.29 is 14.7 Å². The molecule has 2 saturated heterocycles. The Bertz CT molecular complexity index is 1780. The van der Waals surface area contributed by atoms with Gasteiger partial charge in [-0.15, -0.1) is 0 Å². The van der Waals surface area contributed by atoms with Crippen LogP contribution in [-0.2, 0) is 0 Å². The average Bonchev–Trinajstić information content (AvgIpc) is 3.42. The second kappa shape index (κ2) is 14.2. The van der Waals surface area contributed by atoms with Gasteiger partial charge in [0.1, 0.15) is 0 Å². The topological polar surface area (TPSA) is 161 Å². The van der Waals surface area contributed by atoms with Gasteiger partial charge < -0.3 is 42.7 Å². The predicted octanol–water partition coefficient (Wildman–Crippen LogP) is 5.08. The van der Waals surface area contributed by atoms with E-state index in [1.165, 1.54) is 0 Å². The van der Waals surface area contributed by atoms with Gasteiger partial charge in [0.2, 0.25) is 0 Å². The molecule has 1 unspecified atom stereocenters. The SMILES string of the molecule is CN1CC(Nc2ccc(C(=O)Nc3cccc(C4C[C@H](Nc5ccc(C(=O)Nc6ccccc6N)cc5)CN4CC(C)(C)O)c3N)cc2)C1. The predicted molar refractivity (Wildman–Crippen MR) is 198 cm³/mol. The Balaban J connectivity index is 1.12. The van der Waals surface area contributed by atoms with Gasteiger partial charge in [-0.25, -0.2) is 0 Å². The maximum Gasteiger partial charge on any atom is 0.255 e. The number of carbonyl (C=O) groups excluding carboxylic acids is 2. The minimum Gasteiger partial charge on any atom is -0.397 e. The van der Waals surface area contributed by atoms with Gasteiger partial charge in [-0.3, -0.25) is 14.5 Å². The Kier molecular flexibility index (Phi) is 9.77. The number of carbonyl (C=O) groups is 2. The van der Waals surface area contributed by atoms with E-state index in [0.717, 1.165) is 36.4 Å². The standard InChI is InChI=1S/C38H46N8O3/c1-38(2,49)23-46-22-28(41-26-15-11-24(12-16-26)36(47)43-32-9-5-4-8-31(32)39)19-34(46)30-7-6-10-33(35(30)40)44-37(48)25-13-17-27(18-14-25)42-29-20-45(3)21-29/h4-18,28-29,34,41-42,49H,19-23,39-40H2,1-3H3,(H,43,47)(H,44,48)/t28-,34?/m0/s1. The van der Waals surface area contributed by atoms with Crippen LogP contribution in [0.1, 0.15) is 52.6 Å². The Morgan fingerprint density at radius 3 is 1.88 bits per heavy atom.